The third-order valence-electron chi connectivity index (χ3n) is 4.33. The minimum Gasteiger partial charge on any atom is -0.313 e. The Morgan fingerprint density at radius 1 is 1.29 bits per heavy atom. The van der Waals surface area contributed by atoms with Crippen molar-refractivity contribution >= 4 is 0 Å². The molecule has 0 saturated carbocycles. The first-order chi connectivity index (χ1) is 10.1. The first-order valence-electron chi connectivity index (χ1n) is 8.03. The van der Waals surface area contributed by atoms with Gasteiger partial charge in [-0.2, -0.15) is 0 Å². The second-order valence-corrected chi connectivity index (χ2v) is 6.02. The third kappa shape index (κ3) is 4.75. The molecular weight excluding hydrogens is 270 g/mol. The molecular formula is C17H26F2N2. The first kappa shape index (κ1) is 16.4. The van der Waals surface area contributed by atoms with Crippen LogP contribution in [-0.2, 0) is 0 Å². The van der Waals surface area contributed by atoms with Gasteiger partial charge < -0.3 is 5.32 Å². The Bertz CT molecular complexity index is 424. The third-order valence-corrected chi connectivity index (χ3v) is 4.33. The number of hydrogen-bond donors (Lipinski definition) is 1. The van der Waals surface area contributed by atoms with Crippen LogP contribution in [0.1, 0.15) is 51.1 Å². The minimum atomic E-state index is -0.494. The Morgan fingerprint density at radius 3 is 2.57 bits per heavy atom. The van der Waals surface area contributed by atoms with E-state index in [9.17, 15) is 8.78 Å². The summed E-state index contributed by atoms with van der Waals surface area (Å²) in [6, 6.07) is 4.38. The molecule has 2 unspecified atom stereocenters. The number of hydrogen-bond acceptors (Lipinski definition) is 2. The van der Waals surface area contributed by atoms with E-state index in [1.54, 1.807) is 0 Å². The van der Waals surface area contributed by atoms with Gasteiger partial charge in [0.2, 0.25) is 0 Å². The van der Waals surface area contributed by atoms with Gasteiger partial charge in [0.25, 0.3) is 0 Å². The molecule has 2 nitrogen and oxygen atoms in total. The maximum atomic E-state index is 13.4. The maximum Gasteiger partial charge on any atom is 0.126 e. The van der Waals surface area contributed by atoms with Gasteiger partial charge in [0.05, 0.1) is 0 Å². The highest BCUT2D eigenvalue weighted by molar-refractivity contribution is 5.21. The molecule has 1 aliphatic rings. The summed E-state index contributed by atoms with van der Waals surface area (Å²) in [5, 5.41) is 3.50. The molecule has 0 amide bonds. The van der Waals surface area contributed by atoms with Crippen molar-refractivity contribution in [1.29, 1.82) is 0 Å². The zero-order valence-corrected chi connectivity index (χ0v) is 13.0. The van der Waals surface area contributed by atoms with Crippen molar-refractivity contribution < 1.29 is 8.78 Å². The van der Waals surface area contributed by atoms with E-state index in [1.165, 1.54) is 25.0 Å². The molecule has 1 aromatic rings. The summed E-state index contributed by atoms with van der Waals surface area (Å²) >= 11 is 0. The van der Waals surface area contributed by atoms with Crippen LogP contribution in [0.3, 0.4) is 0 Å². The summed E-state index contributed by atoms with van der Waals surface area (Å²) < 4.78 is 26.9. The van der Waals surface area contributed by atoms with E-state index in [0.717, 1.165) is 44.1 Å². The molecule has 0 aromatic heterocycles. The lowest BCUT2D eigenvalue weighted by Gasteiger charge is -2.32. The summed E-state index contributed by atoms with van der Waals surface area (Å²) in [6.07, 6.45) is 4.63. The van der Waals surface area contributed by atoms with Crippen molar-refractivity contribution in [2.24, 2.45) is 0 Å². The molecule has 1 saturated heterocycles. The smallest absolute Gasteiger partial charge is 0.126 e. The quantitative estimate of drug-likeness (QED) is 0.821. The maximum absolute atomic E-state index is 13.4. The number of benzene rings is 1. The van der Waals surface area contributed by atoms with Gasteiger partial charge in [0.1, 0.15) is 11.6 Å². The predicted octanol–water partition coefficient (Wildman–Crippen LogP) is 3.88. The normalized spacial score (nSPS) is 20.1. The van der Waals surface area contributed by atoms with E-state index >= 15 is 0 Å². The molecule has 0 bridgehead atoms. The lowest BCUT2D eigenvalue weighted by Crippen LogP contribution is -2.39. The fourth-order valence-electron chi connectivity index (χ4n) is 3.03. The topological polar surface area (TPSA) is 15.3 Å². The van der Waals surface area contributed by atoms with Gasteiger partial charge >= 0.3 is 0 Å². The lowest BCUT2D eigenvalue weighted by atomic mass is 10.0. The first-order valence-corrected chi connectivity index (χ1v) is 8.03. The number of rotatable bonds is 7. The summed E-state index contributed by atoms with van der Waals surface area (Å²) in [7, 11) is 0. The summed E-state index contributed by atoms with van der Waals surface area (Å²) in [6.45, 7) is 7.19. The zero-order valence-electron chi connectivity index (χ0n) is 13.0. The van der Waals surface area contributed by atoms with E-state index < -0.39 is 11.6 Å². The van der Waals surface area contributed by atoms with E-state index in [4.69, 9.17) is 0 Å². The fraction of sp³-hybridized carbons (Fsp3) is 0.647. The Morgan fingerprint density at radius 2 is 2.00 bits per heavy atom. The number of nitrogens with zero attached hydrogens (tertiary/aromatic N) is 1. The van der Waals surface area contributed by atoms with Crippen molar-refractivity contribution in [3.63, 3.8) is 0 Å². The van der Waals surface area contributed by atoms with Crippen molar-refractivity contribution in [2.45, 2.75) is 51.6 Å². The second-order valence-electron chi connectivity index (χ2n) is 6.02. The van der Waals surface area contributed by atoms with Crippen LogP contribution < -0.4 is 5.32 Å². The molecule has 1 fully saturated rings. The Labute approximate surface area is 126 Å². The van der Waals surface area contributed by atoms with E-state index in [0.29, 0.717) is 6.04 Å². The van der Waals surface area contributed by atoms with Crippen LogP contribution in [0.5, 0.6) is 0 Å². The van der Waals surface area contributed by atoms with Gasteiger partial charge in [-0.15, -0.1) is 0 Å². The highest BCUT2D eigenvalue weighted by Crippen LogP contribution is 2.24. The molecule has 0 spiro atoms. The largest absolute Gasteiger partial charge is 0.313 e. The predicted molar refractivity (Wildman–Crippen MR) is 82.3 cm³/mol. The van der Waals surface area contributed by atoms with Crippen LogP contribution >= 0.6 is 0 Å². The van der Waals surface area contributed by atoms with Gasteiger partial charge in [-0.1, -0.05) is 13.3 Å². The molecule has 21 heavy (non-hydrogen) atoms. The Kier molecular flexibility index (Phi) is 6.12. The van der Waals surface area contributed by atoms with Crippen LogP contribution in [0.4, 0.5) is 8.78 Å². The van der Waals surface area contributed by atoms with Gasteiger partial charge in [0, 0.05) is 24.7 Å². The van der Waals surface area contributed by atoms with Gasteiger partial charge in [-0.25, -0.2) is 8.78 Å². The second kappa shape index (κ2) is 7.85. The van der Waals surface area contributed by atoms with Crippen LogP contribution in [0, 0.1) is 11.6 Å². The number of halogens is 2. The molecule has 1 heterocycles. The number of unbranched alkanes of at least 4 members (excludes halogenated alkanes) is 1. The van der Waals surface area contributed by atoms with Gasteiger partial charge in [-0.05, 0) is 57.0 Å². The molecule has 0 radical (unpaired) electrons. The van der Waals surface area contributed by atoms with Crippen LogP contribution in [0.15, 0.2) is 18.2 Å². The minimum absolute atomic E-state index is 0.0316. The van der Waals surface area contributed by atoms with Crippen molar-refractivity contribution in [1.82, 2.24) is 10.2 Å². The van der Waals surface area contributed by atoms with E-state index in [2.05, 4.69) is 17.1 Å². The van der Waals surface area contributed by atoms with Crippen molar-refractivity contribution in [2.75, 3.05) is 19.6 Å². The Balaban J connectivity index is 2.09. The molecule has 118 valence electrons. The average molecular weight is 296 g/mol. The Hall–Kier alpha value is -1.00. The summed E-state index contributed by atoms with van der Waals surface area (Å²) in [4.78, 5) is 2.35. The molecule has 4 heteroatoms. The highest BCUT2D eigenvalue weighted by atomic mass is 19.1. The molecule has 1 aliphatic heterocycles. The van der Waals surface area contributed by atoms with Crippen LogP contribution in [0.2, 0.25) is 0 Å². The molecule has 1 aromatic carbocycles. The monoisotopic (exact) mass is 296 g/mol. The molecule has 1 N–H and O–H groups in total. The molecule has 0 aliphatic carbocycles. The van der Waals surface area contributed by atoms with Crippen LogP contribution in [-0.4, -0.2) is 30.6 Å². The highest BCUT2D eigenvalue weighted by Gasteiger charge is 2.22. The number of nitrogens with one attached hydrogen (secondary N) is 1. The van der Waals surface area contributed by atoms with Crippen LogP contribution in [0.25, 0.3) is 0 Å². The SMILES string of the molecule is CCCCN(CC1CCCN1)C(C)c1cc(F)cc(F)c1. The average Bonchev–Trinajstić information content (AvgIpc) is 2.94. The lowest BCUT2D eigenvalue weighted by molar-refractivity contribution is 0.189. The van der Waals surface area contributed by atoms with E-state index in [1.807, 2.05) is 6.92 Å². The summed E-state index contributed by atoms with van der Waals surface area (Å²) in [5.41, 5.74) is 0.724. The fourth-order valence-corrected chi connectivity index (χ4v) is 3.03. The zero-order chi connectivity index (χ0) is 15.2. The summed E-state index contributed by atoms with van der Waals surface area (Å²) in [5.74, 6) is -0.988. The molecule has 2 rings (SSSR count). The van der Waals surface area contributed by atoms with Crippen molar-refractivity contribution in [3.05, 3.63) is 35.4 Å². The van der Waals surface area contributed by atoms with Crippen molar-refractivity contribution in [3.8, 4) is 0 Å². The van der Waals surface area contributed by atoms with Gasteiger partial charge in [0.15, 0.2) is 0 Å². The molecule has 2 atom stereocenters. The van der Waals surface area contributed by atoms with Gasteiger partial charge in [-0.3, -0.25) is 4.90 Å². The van der Waals surface area contributed by atoms with E-state index in [-0.39, 0.29) is 6.04 Å². The standard InChI is InChI=1S/C17H26F2N2/c1-3-4-8-21(12-17-6-5-7-20-17)13(2)14-9-15(18)11-16(19)10-14/h9-11,13,17,20H,3-8,12H2,1-2H3.